The SMILES string of the molecule is CC(=O)CNC1=C(C=O)CCCC1. The molecule has 0 aliphatic heterocycles. The molecule has 0 aromatic heterocycles. The molecule has 3 nitrogen and oxygen atoms in total. The molecule has 13 heavy (non-hydrogen) atoms. The molecule has 1 aliphatic rings. The summed E-state index contributed by atoms with van der Waals surface area (Å²) in [6.07, 6.45) is 4.85. The molecular formula is C10H15NO2. The van der Waals surface area contributed by atoms with E-state index in [0.29, 0.717) is 6.54 Å². The fraction of sp³-hybridized carbons (Fsp3) is 0.600. The molecule has 1 rings (SSSR count). The minimum absolute atomic E-state index is 0.100. The van der Waals surface area contributed by atoms with Crippen molar-refractivity contribution in [3.63, 3.8) is 0 Å². The van der Waals surface area contributed by atoms with Gasteiger partial charge in [-0.2, -0.15) is 0 Å². The van der Waals surface area contributed by atoms with E-state index in [9.17, 15) is 9.59 Å². The molecular weight excluding hydrogens is 166 g/mol. The first kappa shape index (κ1) is 9.96. The first-order valence-electron chi connectivity index (χ1n) is 4.64. The quantitative estimate of drug-likeness (QED) is 0.663. The summed E-state index contributed by atoms with van der Waals surface area (Å²) in [6.45, 7) is 1.88. The Balaban J connectivity index is 2.57. The van der Waals surface area contributed by atoms with E-state index in [-0.39, 0.29) is 5.78 Å². The van der Waals surface area contributed by atoms with Gasteiger partial charge in [0.1, 0.15) is 12.1 Å². The van der Waals surface area contributed by atoms with Crippen LogP contribution in [0.15, 0.2) is 11.3 Å². The van der Waals surface area contributed by atoms with Gasteiger partial charge in [-0.05, 0) is 32.6 Å². The Morgan fingerprint density at radius 1 is 1.46 bits per heavy atom. The fourth-order valence-corrected chi connectivity index (χ4v) is 1.49. The molecule has 0 radical (unpaired) electrons. The lowest BCUT2D eigenvalue weighted by molar-refractivity contribution is -0.116. The van der Waals surface area contributed by atoms with Gasteiger partial charge in [0.05, 0.1) is 6.54 Å². The topological polar surface area (TPSA) is 46.2 Å². The van der Waals surface area contributed by atoms with E-state index in [2.05, 4.69) is 5.32 Å². The molecule has 0 fully saturated rings. The second kappa shape index (κ2) is 4.80. The highest BCUT2D eigenvalue weighted by atomic mass is 16.1. The summed E-state index contributed by atoms with van der Waals surface area (Å²) in [5.41, 5.74) is 1.81. The molecule has 0 amide bonds. The zero-order valence-corrected chi connectivity index (χ0v) is 7.93. The van der Waals surface area contributed by atoms with Crippen LogP contribution in [-0.2, 0) is 9.59 Å². The van der Waals surface area contributed by atoms with Crippen LogP contribution in [0.2, 0.25) is 0 Å². The monoisotopic (exact) mass is 181 g/mol. The van der Waals surface area contributed by atoms with Crippen LogP contribution in [0.1, 0.15) is 32.6 Å². The van der Waals surface area contributed by atoms with Crippen LogP contribution in [0.5, 0.6) is 0 Å². The summed E-state index contributed by atoms with van der Waals surface area (Å²) in [7, 11) is 0. The van der Waals surface area contributed by atoms with Crippen molar-refractivity contribution in [1.82, 2.24) is 5.32 Å². The van der Waals surface area contributed by atoms with Crippen LogP contribution in [0.4, 0.5) is 0 Å². The molecule has 0 spiro atoms. The first-order chi connectivity index (χ1) is 6.24. The molecule has 1 aliphatic carbocycles. The minimum Gasteiger partial charge on any atom is -0.381 e. The average Bonchev–Trinajstić information content (AvgIpc) is 2.15. The molecule has 0 aromatic carbocycles. The minimum atomic E-state index is 0.100. The lowest BCUT2D eigenvalue weighted by Gasteiger charge is -2.17. The van der Waals surface area contributed by atoms with Crippen LogP contribution in [0, 0.1) is 0 Å². The number of ketones is 1. The van der Waals surface area contributed by atoms with Crippen LogP contribution >= 0.6 is 0 Å². The third kappa shape index (κ3) is 3.01. The van der Waals surface area contributed by atoms with E-state index >= 15 is 0 Å². The highest BCUT2D eigenvalue weighted by Crippen LogP contribution is 2.20. The van der Waals surface area contributed by atoms with Gasteiger partial charge in [0.15, 0.2) is 0 Å². The van der Waals surface area contributed by atoms with Gasteiger partial charge < -0.3 is 5.32 Å². The second-order valence-corrected chi connectivity index (χ2v) is 3.38. The Morgan fingerprint density at radius 3 is 2.77 bits per heavy atom. The maximum Gasteiger partial charge on any atom is 0.148 e. The van der Waals surface area contributed by atoms with E-state index < -0.39 is 0 Å². The van der Waals surface area contributed by atoms with E-state index in [1.807, 2.05) is 0 Å². The lowest BCUT2D eigenvalue weighted by atomic mass is 9.97. The fourth-order valence-electron chi connectivity index (χ4n) is 1.49. The highest BCUT2D eigenvalue weighted by Gasteiger charge is 2.11. The van der Waals surface area contributed by atoms with E-state index in [4.69, 9.17) is 0 Å². The van der Waals surface area contributed by atoms with E-state index in [0.717, 1.165) is 43.2 Å². The number of nitrogens with one attached hydrogen (secondary N) is 1. The number of allylic oxidation sites excluding steroid dienone is 2. The first-order valence-corrected chi connectivity index (χ1v) is 4.64. The van der Waals surface area contributed by atoms with Crippen molar-refractivity contribution in [3.05, 3.63) is 11.3 Å². The predicted molar refractivity (Wildman–Crippen MR) is 50.2 cm³/mol. The Labute approximate surface area is 78.2 Å². The van der Waals surface area contributed by atoms with Gasteiger partial charge >= 0.3 is 0 Å². The van der Waals surface area contributed by atoms with E-state index in [1.54, 1.807) is 0 Å². The number of carbonyl (C=O) groups excluding carboxylic acids is 2. The smallest absolute Gasteiger partial charge is 0.148 e. The molecule has 0 unspecified atom stereocenters. The summed E-state index contributed by atoms with van der Waals surface area (Å²) < 4.78 is 0. The number of aldehydes is 1. The molecule has 3 heteroatoms. The van der Waals surface area contributed by atoms with Crippen LogP contribution < -0.4 is 5.32 Å². The number of carbonyl (C=O) groups is 2. The van der Waals surface area contributed by atoms with Crippen LogP contribution in [-0.4, -0.2) is 18.6 Å². The average molecular weight is 181 g/mol. The number of hydrogen-bond acceptors (Lipinski definition) is 3. The zero-order chi connectivity index (χ0) is 9.68. The molecule has 0 aromatic rings. The molecule has 0 saturated heterocycles. The van der Waals surface area contributed by atoms with Crippen molar-refractivity contribution in [2.45, 2.75) is 32.6 Å². The van der Waals surface area contributed by atoms with Gasteiger partial charge in [0.2, 0.25) is 0 Å². The van der Waals surface area contributed by atoms with Crippen molar-refractivity contribution in [3.8, 4) is 0 Å². The summed E-state index contributed by atoms with van der Waals surface area (Å²) in [5, 5.41) is 3.02. The second-order valence-electron chi connectivity index (χ2n) is 3.38. The Kier molecular flexibility index (Phi) is 3.68. The Hall–Kier alpha value is -1.12. The third-order valence-corrected chi connectivity index (χ3v) is 2.20. The zero-order valence-electron chi connectivity index (χ0n) is 7.93. The van der Waals surface area contributed by atoms with Gasteiger partial charge in [-0.3, -0.25) is 9.59 Å². The summed E-state index contributed by atoms with van der Waals surface area (Å²) in [6, 6.07) is 0. The summed E-state index contributed by atoms with van der Waals surface area (Å²) in [4.78, 5) is 21.3. The molecule has 0 bridgehead atoms. The van der Waals surface area contributed by atoms with Gasteiger partial charge in [-0.15, -0.1) is 0 Å². The van der Waals surface area contributed by atoms with Gasteiger partial charge in [-0.1, -0.05) is 0 Å². The van der Waals surface area contributed by atoms with Crippen LogP contribution in [0.25, 0.3) is 0 Å². The number of rotatable bonds is 4. The maximum absolute atomic E-state index is 10.7. The lowest BCUT2D eigenvalue weighted by Crippen LogP contribution is -2.23. The Bertz CT molecular complexity index is 243. The molecule has 0 atom stereocenters. The molecule has 0 saturated carbocycles. The highest BCUT2D eigenvalue weighted by molar-refractivity contribution is 5.79. The van der Waals surface area contributed by atoms with E-state index in [1.165, 1.54) is 6.92 Å². The number of Topliss-reactive ketones (excluding diaryl/α,β-unsaturated/α-hetero) is 1. The van der Waals surface area contributed by atoms with Gasteiger partial charge in [-0.25, -0.2) is 0 Å². The van der Waals surface area contributed by atoms with Gasteiger partial charge in [0, 0.05) is 11.3 Å². The molecule has 1 N–H and O–H groups in total. The van der Waals surface area contributed by atoms with Crippen molar-refractivity contribution in [1.29, 1.82) is 0 Å². The van der Waals surface area contributed by atoms with Crippen LogP contribution in [0.3, 0.4) is 0 Å². The van der Waals surface area contributed by atoms with Crippen molar-refractivity contribution < 1.29 is 9.59 Å². The molecule has 0 heterocycles. The maximum atomic E-state index is 10.7. The molecule has 72 valence electrons. The number of hydrogen-bond donors (Lipinski definition) is 1. The van der Waals surface area contributed by atoms with Crippen molar-refractivity contribution >= 4 is 12.1 Å². The normalized spacial score (nSPS) is 17.0. The standard InChI is InChI=1S/C10H15NO2/c1-8(13)6-11-10-5-3-2-4-9(10)7-12/h7,11H,2-6H2,1H3. The summed E-state index contributed by atoms with van der Waals surface area (Å²) >= 11 is 0. The van der Waals surface area contributed by atoms with Crippen molar-refractivity contribution in [2.24, 2.45) is 0 Å². The predicted octanol–water partition coefficient (Wildman–Crippen LogP) is 1.19. The Morgan fingerprint density at radius 2 is 2.15 bits per heavy atom. The third-order valence-electron chi connectivity index (χ3n) is 2.20. The van der Waals surface area contributed by atoms with Crippen molar-refractivity contribution in [2.75, 3.05) is 6.54 Å². The largest absolute Gasteiger partial charge is 0.381 e. The van der Waals surface area contributed by atoms with Gasteiger partial charge in [0.25, 0.3) is 0 Å². The summed E-state index contributed by atoms with van der Waals surface area (Å²) in [5.74, 6) is 0.100.